The van der Waals surface area contributed by atoms with E-state index in [0.29, 0.717) is 27.5 Å². The minimum absolute atomic E-state index is 0.0247. The highest BCUT2D eigenvalue weighted by atomic mass is 35.5. The van der Waals surface area contributed by atoms with E-state index in [1.807, 2.05) is 0 Å². The van der Waals surface area contributed by atoms with Crippen LogP contribution in [0.25, 0.3) is 0 Å². The average molecular weight is 445 g/mol. The zero-order valence-electron chi connectivity index (χ0n) is 16.2. The van der Waals surface area contributed by atoms with E-state index >= 15 is 0 Å². The molecule has 0 saturated carbocycles. The summed E-state index contributed by atoms with van der Waals surface area (Å²) in [7, 11) is 5.14. The summed E-state index contributed by atoms with van der Waals surface area (Å²) in [6.45, 7) is 0.590. The number of carbonyl (C=O) groups excluding carboxylic acids is 1. The molecule has 0 atom stereocenters. The number of hydrogen-bond acceptors (Lipinski definition) is 9. The minimum Gasteiger partial charge on any atom is -0.461 e. The topological polar surface area (TPSA) is 111 Å². The molecule has 0 saturated heterocycles. The van der Waals surface area contributed by atoms with Crippen molar-refractivity contribution in [3.63, 3.8) is 0 Å². The van der Waals surface area contributed by atoms with E-state index in [1.54, 1.807) is 44.3 Å². The molecule has 0 fully saturated rings. The quantitative estimate of drug-likeness (QED) is 0.421. The molecule has 2 rings (SSSR count). The summed E-state index contributed by atoms with van der Waals surface area (Å²) < 4.78 is 15.5. The predicted octanol–water partition coefficient (Wildman–Crippen LogP) is 2.57. The number of nitrogens with one attached hydrogen (secondary N) is 2. The highest BCUT2D eigenvalue weighted by Gasteiger charge is 2.10. The maximum Gasteiger partial charge on any atom is 0.407 e. The molecule has 0 aliphatic heterocycles. The Balaban J connectivity index is 1.78. The third-order valence-electron chi connectivity index (χ3n) is 3.35. The van der Waals surface area contributed by atoms with E-state index in [2.05, 4.69) is 25.6 Å². The van der Waals surface area contributed by atoms with Crippen LogP contribution in [0.15, 0.2) is 18.2 Å². The summed E-state index contributed by atoms with van der Waals surface area (Å²) in [6.07, 6.45) is -0.605. The second-order valence-corrected chi connectivity index (χ2v) is 6.68. The van der Waals surface area contributed by atoms with Crippen molar-refractivity contribution in [1.29, 1.82) is 0 Å². The van der Waals surface area contributed by atoms with Crippen LogP contribution in [0.1, 0.15) is 5.56 Å². The first-order valence-electron chi connectivity index (χ1n) is 8.52. The van der Waals surface area contributed by atoms with E-state index in [0.717, 1.165) is 0 Å². The van der Waals surface area contributed by atoms with Crippen LogP contribution < -0.4 is 20.3 Å². The van der Waals surface area contributed by atoms with Gasteiger partial charge in [-0.15, -0.1) is 0 Å². The Hall–Kier alpha value is -2.56. The fraction of sp³-hybridized carbons (Fsp3) is 0.412. The van der Waals surface area contributed by atoms with Crippen molar-refractivity contribution < 1.29 is 19.0 Å². The summed E-state index contributed by atoms with van der Waals surface area (Å²) >= 11 is 11.9. The number of carbonyl (C=O) groups is 1. The van der Waals surface area contributed by atoms with Crippen LogP contribution >= 0.6 is 23.2 Å². The molecule has 0 spiro atoms. The highest BCUT2D eigenvalue weighted by Crippen LogP contribution is 2.21. The number of hydrogen-bond donors (Lipinski definition) is 2. The molecule has 29 heavy (non-hydrogen) atoms. The largest absolute Gasteiger partial charge is 0.461 e. The Morgan fingerprint density at radius 2 is 2.00 bits per heavy atom. The zero-order chi connectivity index (χ0) is 21.2. The number of alkyl carbamates (subject to hydrolysis) is 1. The summed E-state index contributed by atoms with van der Waals surface area (Å²) in [5.41, 5.74) is 0.653. The van der Waals surface area contributed by atoms with E-state index in [1.165, 1.54) is 0 Å². The summed E-state index contributed by atoms with van der Waals surface area (Å²) in [6, 6.07) is 5.06. The number of aromatic nitrogens is 3. The molecule has 0 aliphatic rings. The van der Waals surface area contributed by atoms with Crippen molar-refractivity contribution in [2.24, 2.45) is 0 Å². The standard InChI is InChI=1S/C17H22Cl2N6O4/c1-25(2)15-22-14(21-10-27-3)23-16(24-15)28-7-6-20-17(26)29-9-11-4-5-12(18)8-13(11)19/h4-5,8H,6-7,9-10H2,1-3H3,(H,20,26)(H,21,22,23,24). The SMILES string of the molecule is COCNc1nc(OCCNC(=O)OCc2ccc(Cl)cc2Cl)nc(N(C)C)n1. The van der Waals surface area contributed by atoms with E-state index in [-0.39, 0.29) is 32.5 Å². The van der Waals surface area contributed by atoms with Gasteiger partial charge in [-0.25, -0.2) is 4.79 Å². The number of rotatable bonds is 10. The van der Waals surface area contributed by atoms with Crippen molar-refractivity contribution in [3.8, 4) is 6.01 Å². The first-order valence-corrected chi connectivity index (χ1v) is 9.28. The number of anilines is 2. The fourth-order valence-electron chi connectivity index (χ4n) is 1.95. The molecule has 0 radical (unpaired) electrons. The first-order chi connectivity index (χ1) is 13.9. The Kier molecular flexibility index (Phi) is 8.97. The lowest BCUT2D eigenvalue weighted by molar-refractivity contribution is 0.137. The van der Waals surface area contributed by atoms with Crippen molar-refractivity contribution in [2.75, 3.05) is 51.3 Å². The molecular weight excluding hydrogens is 423 g/mol. The fourth-order valence-corrected chi connectivity index (χ4v) is 2.42. The lowest BCUT2D eigenvalue weighted by Crippen LogP contribution is -2.29. The van der Waals surface area contributed by atoms with Crippen LogP contribution in [-0.2, 0) is 16.1 Å². The van der Waals surface area contributed by atoms with Crippen LogP contribution in [0.4, 0.5) is 16.7 Å². The molecule has 10 nitrogen and oxygen atoms in total. The zero-order valence-corrected chi connectivity index (χ0v) is 17.8. The van der Waals surface area contributed by atoms with Gasteiger partial charge in [0.25, 0.3) is 0 Å². The normalized spacial score (nSPS) is 10.4. The van der Waals surface area contributed by atoms with Gasteiger partial charge in [0.2, 0.25) is 11.9 Å². The van der Waals surface area contributed by atoms with Crippen molar-refractivity contribution in [3.05, 3.63) is 33.8 Å². The highest BCUT2D eigenvalue weighted by molar-refractivity contribution is 6.35. The third kappa shape index (κ3) is 7.76. The molecule has 1 heterocycles. The monoisotopic (exact) mass is 444 g/mol. The molecule has 0 unspecified atom stereocenters. The van der Waals surface area contributed by atoms with Gasteiger partial charge in [-0.1, -0.05) is 29.3 Å². The van der Waals surface area contributed by atoms with Gasteiger partial charge in [0.1, 0.15) is 19.9 Å². The molecule has 0 aliphatic carbocycles. The molecule has 12 heteroatoms. The van der Waals surface area contributed by atoms with Gasteiger partial charge in [-0.3, -0.25) is 0 Å². The number of amides is 1. The molecular formula is C17H22Cl2N6O4. The average Bonchev–Trinajstić information content (AvgIpc) is 2.69. The maximum absolute atomic E-state index is 11.8. The molecule has 2 aromatic rings. The number of methoxy groups -OCH3 is 1. The second-order valence-electron chi connectivity index (χ2n) is 5.83. The Morgan fingerprint density at radius 1 is 1.21 bits per heavy atom. The summed E-state index contributed by atoms with van der Waals surface area (Å²) in [5, 5.41) is 6.39. The molecule has 1 amide bonds. The molecule has 158 valence electrons. The molecule has 1 aromatic heterocycles. The Morgan fingerprint density at radius 3 is 2.69 bits per heavy atom. The van der Waals surface area contributed by atoms with Gasteiger partial charge >= 0.3 is 12.1 Å². The van der Waals surface area contributed by atoms with Gasteiger partial charge in [-0.05, 0) is 12.1 Å². The number of nitrogens with zero attached hydrogens (tertiary/aromatic N) is 4. The molecule has 0 bridgehead atoms. The van der Waals surface area contributed by atoms with Crippen LogP contribution in [0.3, 0.4) is 0 Å². The van der Waals surface area contributed by atoms with E-state index < -0.39 is 6.09 Å². The van der Waals surface area contributed by atoms with Gasteiger partial charge in [0.05, 0.1) is 6.54 Å². The number of ether oxygens (including phenoxy) is 3. The number of halogens is 2. The maximum atomic E-state index is 11.8. The predicted molar refractivity (Wildman–Crippen MR) is 110 cm³/mol. The smallest absolute Gasteiger partial charge is 0.407 e. The first kappa shape index (κ1) is 22.7. The van der Waals surface area contributed by atoms with Crippen LogP contribution in [0.2, 0.25) is 10.0 Å². The lowest BCUT2D eigenvalue weighted by Gasteiger charge is -2.13. The van der Waals surface area contributed by atoms with Gasteiger partial charge in [0.15, 0.2) is 0 Å². The molecule has 2 N–H and O–H groups in total. The summed E-state index contributed by atoms with van der Waals surface area (Å²) in [5.74, 6) is 0.730. The summed E-state index contributed by atoms with van der Waals surface area (Å²) in [4.78, 5) is 26.0. The minimum atomic E-state index is -0.605. The third-order valence-corrected chi connectivity index (χ3v) is 3.94. The van der Waals surface area contributed by atoms with Crippen LogP contribution in [-0.4, -0.2) is 62.1 Å². The van der Waals surface area contributed by atoms with E-state index in [4.69, 9.17) is 37.4 Å². The number of benzene rings is 1. The van der Waals surface area contributed by atoms with Crippen LogP contribution in [0, 0.1) is 0 Å². The molecule has 1 aromatic carbocycles. The van der Waals surface area contributed by atoms with Crippen molar-refractivity contribution in [2.45, 2.75) is 6.61 Å². The Labute approximate surface area is 178 Å². The van der Waals surface area contributed by atoms with Gasteiger partial charge < -0.3 is 29.7 Å². The van der Waals surface area contributed by atoms with Crippen LogP contribution in [0.5, 0.6) is 6.01 Å². The van der Waals surface area contributed by atoms with Gasteiger partial charge in [0, 0.05) is 36.8 Å². The van der Waals surface area contributed by atoms with Crippen molar-refractivity contribution in [1.82, 2.24) is 20.3 Å². The van der Waals surface area contributed by atoms with Crippen molar-refractivity contribution >= 4 is 41.2 Å². The van der Waals surface area contributed by atoms with Gasteiger partial charge in [-0.2, -0.15) is 15.0 Å². The lowest BCUT2D eigenvalue weighted by atomic mass is 10.2. The Bertz CT molecular complexity index is 825. The second kappa shape index (κ2) is 11.4. The van der Waals surface area contributed by atoms with E-state index in [9.17, 15) is 4.79 Å².